The Morgan fingerprint density at radius 2 is 0.416 bits per heavy atom. The molecule has 0 heterocycles. The Hall–Kier alpha value is -12.4. The van der Waals surface area contributed by atoms with Crippen molar-refractivity contribution in [2.75, 3.05) is 9.80 Å². The first-order valence-electron chi connectivity index (χ1n) is 35.5. The van der Waals surface area contributed by atoms with Crippen molar-refractivity contribution in [3.8, 4) is 44.5 Å². The Labute approximate surface area is 590 Å². The Morgan fingerprint density at radius 1 is 0.188 bits per heavy atom. The number of hydrogen-bond acceptors (Lipinski definition) is 2. The van der Waals surface area contributed by atoms with Gasteiger partial charge in [0, 0.05) is 45.0 Å². The third-order valence-electron chi connectivity index (χ3n) is 22.9. The second kappa shape index (κ2) is 22.3. The van der Waals surface area contributed by atoms with Crippen molar-refractivity contribution in [1.29, 1.82) is 0 Å². The van der Waals surface area contributed by atoms with E-state index in [9.17, 15) is 0 Å². The maximum Gasteiger partial charge on any atom is 0.0725 e. The van der Waals surface area contributed by atoms with Gasteiger partial charge in [-0.25, -0.2) is 0 Å². The van der Waals surface area contributed by atoms with E-state index in [1.165, 1.54) is 154 Å². The zero-order valence-electron chi connectivity index (χ0n) is 56.9. The molecule has 0 fully saturated rings. The number of anilines is 6. The van der Waals surface area contributed by atoms with E-state index in [4.69, 9.17) is 0 Å². The summed E-state index contributed by atoms with van der Waals surface area (Å²) in [6.07, 6.45) is 9.32. The van der Waals surface area contributed by atoms with Gasteiger partial charge in [-0.2, -0.15) is 0 Å². The Kier molecular flexibility index (Phi) is 13.0. The van der Waals surface area contributed by atoms with Crippen LogP contribution in [0.5, 0.6) is 0 Å². The molecule has 0 saturated carbocycles. The maximum atomic E-state index is 2.49. The fourth-order valence-electron chi connectivity index (χ4n) is 17.9. The van der Waals surface area contributed by atoms with Gasteiger partial charge in [-0.15, -0.1) is 0 Å². The van der Waals surface area contributed by atoms with E-state index in [-0.39, 0.29) is 10.8 Å². The molecule has 0 aromatic heterocycles. The lowest BCUT2D eigenvalue weighted by molar-refractivity contribution is 0.660. The SMILES string of the molecule is CC1(C)c2cc(/C=C/c3ccc4c(c3)C3(c5ccccc5-c5ccccc53)c3cc(/C=C/c5ccc6c(c5)C(C)(C)c5cc(N(c7ccc8ccccc8c7)c7ccc8ccccc8c7)ccc5-6)ccc3-4)ccc2-c2ccc(N(c3ccc4ccccc4c3)c3ccc4ccccc4c3)cc21. The minimum absolute atomic E-state index is 0.245. The highest BCUT2D eigenvalue weighted by molar-refractivity contribution is 6.00. The molecular formula is C99H70N2. The largest absolute Gasteiger partial charge is 0.310 e. The quantitative estimate of drug-likeness (QED) is 0.126. The average Bonchev–Trinajstić information content (AvgIpc) is 1.51. The molecule has 4 aliphatic carbocycles. The van der Waals surface area contributed by atoms with Crippen LogP contribution in [0.25, 0.3) is 112 Å². The van der Waals surface area contributed by atoms with Crippen molar-refractivity contribution in [2.45, 2.75) is 43.9 Å². The van der Waals surface area contributed by atoms with Crippen LogP contribution in [0.4, 0.5) is 34.1 Å². The predicted octanol–water partition coefficient (Wildman–Crippen LogP) is 26.5. The molecule has 4 aliphatic rings. The van der Waals surface area contributed by atoms with Gasteiger partial charge in [0.1, 0.15) is 0 Å². The molecule has 0 saturated heterocycles. The van der Waals surface area contributed by atoms with Crippen LogP contribution in [0.2, 0.25) is 0 Å². The second-order valence-electron chi connectivity index (χ2n) is 29.2. The first kappa shape index (κ1) is 58.8. The zero-order chi connectivity index (χ0) is 67.3. The van der Waals surface area contributed by atoms with E-state index >= 15 is 0 Å². The molecule has 0 aliphatic heterocycles. The molecule has 2 heteroatoms. The van der Waals surface area contributed by atoms with Gasteiger partial charge in [-0.05, 0) is 239 Å². The van der Waals surface area contributed by atoms with Crippen molar-refractivity contribution in [1.82, 2.24) is 0 Å². The van der Waals surface area contributed by atoms with E-state index in [1.54, 1.807) is 0 Å². The summed E-state index contributed by atoms with van der Waals surface area (Å²) >= 11 is 0. The molecule has 476 valence electrons. The minimum Gasteiger partial charge on any atom is -0.310 e. The van der Waals surface area contributed by atoms with Crippen LogP contribution in [-0.2, 0) is 16.2 Å². The summed E-state index contributed by atoms with van der Waals surface area (Å²) in [5.74, 6) is 0. The number of rotatable bonds is 10. The highest BCUT2D eigenvalue weighted by atomic mass is 15.1. The first-order chi connectivity index (χ1) is 49.5. The minimum atomic E-state index is -0.508. The summed E-state index contributed by atoms with van der Waals surface area (Å²) in [4.78, 5) is 4.87. The molecule has 0 atom stereocenters. The van der Waals surface area contributed by atoms with Crippen molar-refractivity contribution in [3.63, 3.8) is 0 Å². The van der Waals surface area contributed by atoms with Crippen LogP contribution >= 0.6 is 0 Å². The van der Waals surface area contributed by atoms with Crippen LogP contribution in [0.1, 0.15) is 94.5 Å². The number of fused-ring (bicyclic) bond motifs is 20. The fraction of sp³-hybridized carbons (Fsp3) is 0.0707. The summed E-state index contributed by atoms with van der Waals surface area (Å²) in [6, 6.07) is 123. The van der Waals surface area contributed by atoms with Gasteiger partial charge < -0.3 is 9.80 Å². The number of nitrogens with zero attached hydrogens (tertiary/aromatic N) is 2. The van der Waals surface area contributed by atoms with Crippen LogP contribution in [0, 0.1) is 0 Å². The highest BCUT2D eigenvalue weighted by Crippen LogP contribution is 2.63. The van der Waals surface area contributed by atoms with E-state index in [1.807, 2.05) is 0 Å². The van der Waals surface area contributed by atoms with E-state index in [0.29, 0.717) is 0 Å². The summed E-state index contributed by atoms with van der Waals surface area (Å²) in [5, 5.41) is 9.82. The summed E-state index contributed by atoms with van der Waals surface area (Å²) < 4.78 is 0. The van der Waals surface area contributed by atoms with Crippen molar-refractivity contribution in [3.05, 3.63) is 394 Å². The molecule has 1 spiro atoms. The van der Waals surface area contributed by atoms with Gasteiger partial charge in [-0.3, -0.25) is 0 Å². The van der Waals surface area contributed by atoms with Gasteiger partial charge in [0.05, 0.1) is 5.41 Å². The lowest BCUT2D eigenvalue weighted by atomic mass is 9.70. The maximum absolute atomic E-state index is 2.49. The van der Waals surface area contributed by atoms with Gasteiger partial charge in [0.15, 0.2) is 0 Å². The van der Waals surface area contributed by atoms with Gasteiger partial charge in [0.2, 0.25) is 0 Å². The molecule has 16 aromatic rings. The topological polar surface area (TPSA) is 6.48 Å². The Morgan fingerprint density at radius 3 is 0.743 bits per heavy atom. The molecule has 2 nitrogen and oxygen atoms in total. The molecule has 0 N–H and O–H groups in total. The lowest BCUT2D eigenvalue weighted by Crippen LogP contribution is -2.26. The Balaban J connectivity index is 0.617. The van der Waals surface area contributed by atoms with Crippen molar-refractivity contribution in [2.24, 2.45) is 0 Å². The number of hydrogen-bond donors (Lipinski definition) is 0. The molecule has 101 heavy (non-hydrogen) atoms. The normalized spacial score (nSPS) is 14.3. The summed E-state index contributed by atoms with van der Waals surface area (Å²) in [5.41, 5.74) is 31.7. The fourth-order valence-corrected chi connectivity index (χ4v) is 17.9. The Bertz CT molecular complexity index is 5710. The second-order valence-corrected chi connectivity index (χ2v) is 29.2. The highest BCUT2D eigenvalue weighted by Gasteiger charge is 2.52. The molecule has 0 radical (unpaired) electrons. The van der Waals surface area contributed by atoms with Crippen LogP contribution in [-0.4, -0.2) is 0 Å². The smallest absolute Gasteiger partial charge is 0.0725 e. The third kappa shape index (κ3) is 9.11. The summed E-state index contributed by atoms with van der Waals surface area (Å²) in [7, 11) is 0. The lowest BCUT2D eigenvalue weighted by Gasteiger charge is -2.30. The predicted molar refractivity (Wildman–Crippen MR) is 428 cm³/mol. The van der Waals surface area contributed by atoms with Gasteiger partial charge >= 0.3 is 0 Å². The molecule has 0 unspecified atom stereocenters. The standard InChI is InChI=1S/C99H70N2/c1-97(2)91-53-63(33-47-83(91)85-51-45-79(61-93(85)97)100(75-41-37-67-17-5-9-21-71(67)57-75)76-42-38-68-18-6-10-22-72(68)58-76)29-31-65-35-49-87-88-50-36-66(56-96(88)99(95(87)55-65)89-27-15-13-25-81(89)82-26-14-16-28-90(82)99)32-30-64-34-48-84-86-52-46-80(62-94(86)98(3,4)92(84)54-64)101(77-43-39-69-19-7-11-23-73(69)59-77)78-44-40-70-20-8-12-24-74(70)60-78/h5-62H,1-4H3/b31-29+,32-30+. The monoisotopic (exact) mass is 1290 g/mol. The van der Waals surface area contributed by atoms with Gasteiger partial charge in [-0.1, -0.05) is 295 Å². The van der Waals surface area contributed by atoms with Crippen LogP contribution < -0.4 is 9.80 Å². The molecule has 16 aromatic carbocycles. The van der Waals surface area contributed by atoms with Crippen molar-refractivity contribution < 1.29 is 0 Å². The third-order valence-corrected chi connectivity index (χ3v) is 22.9. The van der Waals surface area contributed by atoms with Crippen molar-refractivity contribution >= 4 is 102 Å². The average molecular weight is 1290 g/mol. The number of benzene rings is 16. The molecular weight excluding hydrogens is 1220 g/mol. The van der Waals surface area contributed by atoms with E-state index < -0.39 is 5.41 Å². The molecule has 20 rings (SSSR count). The van der Waals surface area contributed by atoms with Gasteiger partial charge in [0.25, 0.3) is 0 Å². The van der Waals surface area contributed by atoms with E-state index in [0.717, 1.165) is 34.1 Å². The molecule has 0 bridgehead atoms. The van der Waals surface area contributed by atoms with Crippen LogP contribution in [0.3, 0.4) is 0 Å². The molecule has 0 amide bonds. The first-order valence-corrected chi connectivity index (χ1v) is 35.5. The van der Waals surface area contributed by atoms with E-state index in [2.05, 4.69) is 389 Å². The zero-order valence-corrected chi connectivity index (χ0v) is 56.9. The van der Waals surface area contributed by atoms with Crippen LogP contribution in [0.15, 0.2) is 328 Å². The summed E-state index contributed by atoms with van der Waals surface area (Å²) in [6.45, 7) is 9.60.